The number of fused-ring (bicyclic) bond motifs is 24. The number of hydrogen-bond acceptors (Lipinski definition) is 9. The second-order valence-electron chi connectivity index (χ2n) is 34.1. The predicted molar refractivity (Wildman–Crippen MR) is 547 cm³/mol. The molecule has 0 unspecified atom stereocenters. The minimum atomic E-state index is 0.535. The molecule has 0 N–H and O–H groups in total. The molecule has 3 heterocycles. The molecule has 0 aliphatic rings. The van der Waals surface area contributed by atoms with Crippen LogP contribution in [0.1, 0.15) is 0 Å². The highest BCUT2D eigenvalue weighted by Gasteiger charge is 2.25. The maximum absolute atomic E-state index is 5.47. The van der Waals surface area contributed by atoms with Gasteiger partial charge in [-0.15, -0.1) is 0 Å². The van der Waals surface area contributed by atoms with E-state index < -0.39 is 0 Å². The highest BCUT2D eigenvalue weighted by atomic mass is 15.1. The van der Waals surface area contributed by atoms with Crippen molar-refractivity contribution in [3.63, 3.8) is 0 Å². The summed E-state index contributed by atoms with van der Waals surface area (Å²) in [6.45, 7) is 0. The summed E-state index contributed by atoms with van der Waals surface area (Å²) in [6.07, 6.45) is 0. The average molecular weight is 1680 g/mol. The van der Waals surface area contributed by atoms with Crippen LogP contribution in [-0.4, -0.2) is 44.9 Å². The van der Waals surface area contributed by atoms with Gasteiger partial charge < -0.3 is 0 Å². The molecule has 9 nitrogen and oxygen atoms in total. The third-order valence-electron chi connectivity index (χ3n) is 26.5. The number of aromatic nitrogens is 9. The first kappa shape index (κ1) is 75.5. The molecule has 132 heavy (non-hydrogen) atoms. The van der Waals surface area contributed by atoms with Gasteiger partial charge in [0.1, 0.15) is 0 Å². The van der Waals surface area contributed by atoms with E-state index >= 15 is 0 Å². The Morgan fingerprint density at radius 2 is 0.356 bits per heavy atom. The van der Waals surface area contributed by atoms with Gasteiger partial charge in [-0.05, 0) is 222 Å². The van der Waals surface area contributed by atoms with E-state index in [0.717, 1.165) is 116 Å². The van der Waals surface area contributed by atoms with Crippen LogP contribution in [0.2, 0.25) is 0 Å². The molecular weight excluding hydrogens is 1600 g/mol. The zero-order valence-electron chi connectivity index (χ0n) is 71.2. The maximum atomic E-state index is 5.47. The van der Waals surface area contributed by atoms with Gasteiger partial charge in [0.25, 0.3) is 0 Å². The molecule has 0 radical (unpaired) electrons. The fraction of sp³-hybridized carbons (Fsp3) is 0. The third-order valence-corrected chi connectivity index (χ3v) is 26.5. The summed E-state index contributed by atoms with van der Waals surface area (Å²) in [5.74, 6) is 5.15. The molecule has 0 spiro atoms. The summed E-state index contributed by atoms with van der Waals surface area (Å²) < 4.78 is 0. The average Bonchev–Trinajstić information content (AvgIpc) is 0.723. The highest BCUT2D eigenvalue weighted by molar-refractivity contribution is 6.35. The maximum Gasteiger partial charge on any atom is 0.164 e. The van der Waals surface area contributed by atoms with E-state index in [2.05, 4.69) is 370 Å². The Balaban J connectivity index is 0.559. The molecule has 3 aromatic heterocycles. The summed E-state index contributed by atoms with van der Waals surface area (Å²) in [7, 11) is 0. The van der Waals surface area contributed by atoms with E-state index in [1.807, 2.05) is 72.8 Å². The van der Waals surface area contributed by atoms with Crippen molar-refractivity contribution in [2.75, 3.05) is 0 Å². The van der Waals surface area contributed by atoms with Crippen LogP contribution >= 0.6 is 0 Å². The Morgan fingerprint density at radius 1 is 0.0985 bits per heavy atom. The monoisotopic (exact) mass is 1680 g/mol. The van der Waals surface area contributed by atoms with Crippen LogP contribution in [0.15, 0.2) is 443 Å². The largest absolute Gasteiger partial charge is 0.208 e. The molecule has 26 aromatic rings. The Bertz CT molecular complexity index is 9170. The highest BCUT2D eigenvalue weighted by Crippen LogP contribution is 2.49. The minimum absolute atomic E-state index is 0.535. The Kier molecular flexibility index (Phi) is 17.8. The molecule has 0 saturated carbocycles. The van der Waals surface area contributed by atoms with E-state index in [4.69, 9.17) is 44.9 Å². The molecule has 0 atom stereocenters. The second-order valence-corrected chi connectivity index (χ2v) is 34.1. The molecule has 23 aromatic carbocycles. The van der Waals surface area contributed by atoms with E-state index in [-0.39, 0.29) is 0 Å². The normalized spacial score (nSPS) is 11.8. The van der Waals surface area contributed by atoms with E-state index in [1.165, 1.54) is 108 Å². The summed E-state index contributed by atoms with van der Waals surface area (Å²) >= 11 is 0. The van der Waals surface area contributed by atoms with Crippen molar-refractivity contribution in [2.24, 2.45) is 0 Å². The van der Waals surface area contributed by atoms with Gasteiger partial charge in [-0.3, -0.25) is 0 Å². The lowest BCUT2D eigenvalue weighted by Gasteiger charge is -2.17. The van der Waals surface area contributed by atoms with E-state index in [9.17, 15) is 0 Å². The van der Waals surface area contributed by atoms with Crippen LogP contribution in [0.5, 0.6) is 0 Å². The van der Waals surface area contributed by atoms with E-state index in [0.29, 0.717) is 52.4 Å². The topological polar surface area (TPSA) is 116 Å². The molecular formula is C123H73N9. The first-order chi connectivity index (χ1) is 65.4. The van der Waals surface area contributed by atoms with Crippen molar-refractivity contribution >= 4 is 129 Å². The summed E-state index contributed by atoms with van der Waals surface area (Å²) in [5, 5.41) is 28.6. The number of benzene rings is 23. The van der Waals surface area contributed by atoms with Crippen LogP contribution in [0.4, 0.5) is 0 Å². The van der Waals surface area contributed by atoms with Gasteiger partial charge >= 0.3 is 0 Å². The fourth-order valence-corrected chi connectivity index (χ4v) is 20.3. The van der Waals surface area contributed by atoms with Gasteiger partial charge in [0, 0.05) is 50.1 Å². The van der Waals surface area contributed by atoms with Crippen molar-refractivity contribution < 1.29 is 0 Å². The van der Waals surface area contributed by atoms with E-state index in [1.54, 1.807) is 0 Å². The van der Waals surface area contributed by atoms with Crippen LogP contribution in [0, 0.1) is 0 Å². The second kappa shape index (κ2) is 31.1. The number of nitrogens with zero attached hydrogens (tertiary/aromatic N) is 9. The summed E-state index contributed by atoms with van der Waals surface area (Å²) in [5.41, 5.74) is 16.2. The van der Waals surface area contributed by atoms with Gasteiger partial charge in [-0.1, -0.05) is 394 Å². The van der Waals surface area contributed by atoms with Gasteiger partial charge in [0.15, 0.2) is 52.4 Å². The molecule has 0 bridgehead atoms. The van der Waals surface area contributed by atoms with Crippen molar-refractivity contribution in [1.82, 2.24) is 44.9 Å². The Labute approximate surface area is 758 Å². The van der Waals surface area contributed by atoms with Crippen LogP contribution in [-0.2, 0) is 0 Å². The molecule has 26 rings (SSSR count). The van der Waals surface area contributed by atoms with Gasteiger partial charge in [0.05, 0.1) is 0 Å². The van der Waals surface area contributed by atoms with Gasteiger partial charge in [-0.2, -0.15) is 0 Å². The Morgan fingerprint density at radius 3 is 0.818 bits per heavy atom. The fourth-order valence-electron chi connectivity index (χ4n) is 20.3. The first-order valence-corrected chi connectivity index (χ1v) is 44.7. The number of hydrogen-bond donors (Lipinski definition) is 0. The summed E-state index contributed by atoms with van der Waals surface area (Å²) in [6, 6.07) is 158. The lowest BCUT2D eigenvalue weighted by molar-refractivity contribution is 1.07. The molecule has 0 aliphatic heterocycles. The van der Waals surface area contributed by atoms with Gasteiger partial charge in [0.2, 0.25) is 0 Å². The SMILES string of the molecule is c1ccc(-c2nc(-c3cccc(-c4ccc5c(c4)c4ccccc4c4c6cccc(-c7cccc(-c8nc(-c9ccccc9)nc(-c9cccc(-c%10ccc%11c%12ccccc%12c%12ccc%13ccccc%13c%12c%11c%10)c9)n8)c7)c6ccc54)c3)nc(-c3cccc(-c4cc5ccc6c7ccccc7c7ccccc7c6c5cc4-c4nc(-c5ccccc5)nc(-c5ccccc5)n4)c3)n2)cc1. The molecule has 9 heteroatoms. The molecule has 0 aliphatic carbocycles. The quantitative estimate of drug-likeness (QED) is 0.104. The lowest BCUT2D eigenvalue weighted by Crippen LogP contribution is -2.02. The van der Waals surface area contributed by atoms with Crippen molar-refractivity contribution in [2.45, 2.75) is 0 Å². The minimum Gasteiger partial charge on any atom is -0.208 e. The smallest absolute Gasteiger partial charge is 0.164 e. The zero-order valence-corrected chi connectivity index (χ0v) is 71.2. The lowest BCUT2D eigenvalue weighted by atomic mass is 9.88. The first-order valence-electron chi connectivity index (χ1n) is 44.7. The van der Waals surface area contributed by atoms with Gasteiger partial charge in [-0.25, -0.2) is 44.9 Å². The van der Waals surface area contributed by atoms with Crippen LogP contribution in [0.25, 0.3) is 276 Å². The standard InChI is InChI=1S/C123H73N9/c1-5-29-75(30-6-1)115-125-120(87-42-24-38-80(67-87)82-57-60-99-93-47-16-18-50-96(93)104-62-56-74-28-13-14-45-91(74)112(104)110(99)71-82)129-121(127-115)88-43-25-39-83(68-88)90-54-27-55-103-98(90)64-65-106-100-61-58-81(70-109(100)97-51-20-22-53-102(97)113(103)106)79-37-23-41-86(66-79)119-126-116(76-31-7-2-8-32-76)128-122(130-119)89-44-26-40-84(69-89)107-72-85-59-63-105-95-49-17-15-46-92(95)94-48-19-21-52-101(94)114(105)108(85)73-111(107)123-131-117(77-33-9-3-10-34-77)124-118(132-123)78-35-11-4-12-36-78/h1-73H. The van der Waals surface area contributed by atoms with Crippen LogP contribution in [0.3, 0.4) is 0 Å². The molecule has 0 amide bonds. The van der Waals surface area contributed by atoms with Crippen molar-refractivity contribution in [3.8, 4) is 147 Å². The summed E-state index contributed by atoms with van der Waals surface area (Å²) in [4.78, 5) is 48.1. The Hall–Kier alpha value is -17.8. The molecule has 0 fully saturated rings. The molecule has 610 valence electrons. The van der Waals surface area contributed by atoms with Crippen molar-refractivity contribution in [3.05, 3.63) is 443 Å². The number of rotatable bonds is 13. The zero-order chi connectivity index (χ0) is 86.9. The van der Waals surface area contributed by atoms with Crippen molar-refractivity contribution in [1.29, 1.82) is 0 Å². The van der Waals surface area contributed by atoms with Crippen LogP contribution < -0.4 is 0 Å². The molecule has 0 saturated heterocycles. The predicted octanol–water partition coefficient (Wildman–Crippen LogP) is 31.8. The third kappa shape index (κ3) is 12.9.